The second-order valence-corrected chi connectivity index (χ2v) is 10.3. The third kappa shape index (κ3) is 3.33. The Morgan fingerprint density at radius 2 is 1.66 bits per heavy atom. The van der Waals surface area contributed by atoms with E-state index in [1.807, 2.05) is 12.3 Å². The summed E-state index contributed by atoms with van der Waals surface area (Å²) < 4.78 is 5.53. The first kappa shape index (κ1) is 21.4. The Kier molecular flexibility index (Phi) is 5.48. The summed E-state index contributed by atoms with van der Waals surface area (Å²) in [4.78, 5) is 53.9. The van der Waals surface area contributed by atoms with E-state index in [1.54, 1.807) is 36.0 Å². The molecule has 32 heavy (non-hydrogen) atoms. The molecule has 8 atom stereocenters. The summed E-state index contributed by atoms with van der Waals surface area (Å²) >= 11 is 1.54. The van der Waals surface area contributed by atoms with Crippen LogP contribution in [0.3, 0.4) is 0 Å². The minimum absolute atomic E-state index is 0.104. The Morgan fingerprint density at radius 3 is 2.22 bits per heavy atom. The van der Waals surface area contributed by atoms with Crippen molar-refractivity contribution in [2.75, 3.05) is 12.0 Å². The van der Waals surface area contributed by atoms with Gasteiger partial charge in [0.2, 0.25) is 17.6 Å². The van der Waals surface area contributed by atoms with E-state index in [0.29, 0.717) is 29.6 Å². The average molecular weight is 454 g/mol. The number of hydrogen-bond donors (Lipinski definition) is 0. The Bertz CT molecular complexity index is 955. The quantitative estimate of drug-likeness (QED) is 0.261. The average Bonchev–Trinajstić information content (AvgIpc) is 3.59. The van der Waals surface area contributed by atoms with Gasteiger partial charge in [-0.25, -0.2) is 4.79 Å². The van der Waals surface area contributed by atoms with Crippen molar-refractivity contribution < 1.29 is 23.9 Å². The van der Waals surface area contributed by atoms with Crippen molar-refractivity contribution in [3.63, 3.8) is 0 Å². The summed E-state index contributed by atoms with van der Waals surface area (Å²) in [7, 11) is 0. The number of carbonyl (C=O) groups is 4. The van der Waals surface area contributed by atoms with Gasteiger partial charge in [-0.05, 0) is 55.4 Å². The molecule has 1 aliphatic heterocycles. The van der Waals surface area contributed by atoms with Crippen molar-refractivity contribution in [2.45, 2.75) is 31.9 Å². The molecule has 1 aromatic rings. The molecule has 0 unspecified atom stereocenters. The molecular formula is C25H27NO5S. The Balaban J connectivity index is 1.36. The van der Waals surface area contributed by atoms with Crippen LogP contribution in [0.5, 0.6) is 0 Å². The summed E-state index contributed by atoms with van der Waals surface area (Å²) in [5.41, 5.74) is 0.453. The minimum atomic E-state index is -0.998. The topological polar surface area (TPSA) is 80.8 Å². The van der Waals surface area contributed by atoms with E-state index in [1.165, 1.54) is 11.8 Å². The molecule has 0 aromatic heterocycles. The van der Waals surface area contributed by atoms with Crippen LogP contribution in [0.15, 0.2) is 42.5 Å². The number of ether oxygens (including phenoxy) is 1. The SMILES string of the molecule is CSCC[C@H](C(=O)O[C@H](C)C(=O)c1ccccc1)N1C(=O)[C@@H]2[C@H]3C=C[C@@H]([C@@H]4C[C@H]34)[C@H]2C1=O. The number of ketones is 1. The van der Waals surface area contributed by atoms with Crippen molar-refractivity contribution in [1.29, 1.82) is 0 Å². The lowest BCUT2D eigenvalue weighted by Gasteiger charge is -2.37. The van der Waals surface area contributed by atoms with Crippen LogP contribution in [-0.2, 0) is 19.1 Å². The third-order valence-electron chi connectivity index (χ3n) is 7.60. The van der Waals surface area contributed by atoms with Gasteiger partial charge in [0, 0.05) is 5.56 Å². The van der Waals surface area contributed by atoms with Crippen LogP contribution < -0.4 is 0 Å². The predicted octanol–water partition coefficient (Wildman–Crippen LogP) is 2.98. The molecule has 1 aromatic carbocycles. The van der Waals surface area contributed by atoms with E-state index >= 15 is 0 Å². The van der Waals surface area contributed by atoms with Crippen molar-refractivity contribution in [2.24, 2.45) is 35.5 Å². The maximum absolute atomic E-state index is 13.4. The van der Waals surface area contributed by atoms with Gasteiger partial charge >= 0.3 is 5.97 Å². The lowest BCUT2D eigenvalue weighted by atomic mass is 9.63. The van der Waals surface area contributed by atoms with Gasteiger partial charge in [-0.3, -0.25) is 19.3 Å². The summed E-state index contributed by atoms with van der Waals surface area (Å²) in [5.74, 6) is -0.360. The number of rotatable bonds is 8. The van der Waals surface area contributed by atoms with Crippen LogP contribution >= 0.6 is 11.8 Å². The van der Waals surface area contributed by atoms with Crippen molar-refractivity contribution in [3.8, 4) is 0 Å². The molecule has 168 valence electrons. The van der Waals surface area contributed by atoms with Crippen LogP contribution in [0, 0.1) is 35.5 Å². The molecule has 2 bridgehead atoms. The zero-order chi connectivity index (χ0) is 22.6. The predicted molar refractivity (Wildman–Crippen MR) is 120 cm³/mol. The van der Waals surface area contributed by atoms with Gasteiger partial charge in [-0.15, -0.1) is 0 Å². The number of nitrogens with zero attached hydrogens (tertiary/aromatic N) is 1. The van der Waals surface area contributed by atoms with E-state index < -0.39 is 18.1 Å². The van der Waals surface area contributed by atoms with Crippen molar-refractivity contribution >= 4 is 35.3 Å². The first-order valence-electron chi connectivity index (χ1n) is 11.3. The standard InChI is InChI=1S/C25H27NO5S/c1-13(22(27)14-6-4-3-5-7-14)31-25(30)19(10-11-32-2)26-23(28)20-15-8-9-16(18-12-17(15)18)21(20)24(26)29/h3-9,13,15-21H,10-12H2,1-2H3/t13-,15+,16+,17-,18+,19-,20-,21-/m1/s1. The van der Waals surface area contributed by atoms with Crippen molar-refractivity contribution in [3.05, 3.63) is 48.0 Å². The van der Waals surface area contributed by atoms with Gasteiger partial charge in [-0.2, -0.15) is 11.8 Å². The van der Waals surface area contributed by atoms with Gasteiger partial charge < -0.3 is 4.74 Å². The summed E-state index contributed by atoms with van der Waals surface area (Å²) in [5, 5.41) is 0. The fraction of sp³-hybridized carbons (Fsp3) is 0.520. The summed E-state index contributed by atoms with van der Waals surface area (Å²) in [6, 6.07) is 7.66. The molecule has 1 saturated heterocycles. The molecule has 0 radical (unpaired) electrons. The second-order valence-electron chi connectivity index (χ2n) is 9.31. The molecule has 6 rings (SSSR count). The number of carbonyl (C=O) groups excluding carboxylic acids is 4. The van der Waals surface area contributed by atoms with E-state index in [4.69, 9.17) is 4.74 Å². The number of hydrogen-bond acceptors (Lipinski definition) is 6. The zero-order valence-electron chi connectivity index (χ0n) is 18.2. The van der Waals surface area contributed by atoms with Crippen LogP contribution in [0.25, 0.3) is 0 Å². The first-order valence-corrected chi connectivity index (χ1v) is 12.7. The summed E-state index contributed by atoms with van der Waals surface area (Å²) in [6.45, 7) is 1.53. The Hall–Kier alpha value is -2.41. The highest BCUT2D eigenvalue weighted by atomic mass is 32.2. The van der Waals surface area contributed by atoms with Gasteiger partial charge in [0.1, 0.15) is 6.04 Å². The first-order chi connectivity index (χ1) is 15.4. The number of Topliss-reactive ketones (excluding diaryl/α,β-unsaturated/α-hetero) is 1. The second kappa shape index (κ2) is 8.18. The fourth-order valence-electron chi connectivity index (χ4n) is 6.01. The highest BCUT2D eigenvalue weighted by Gasteiger charge is 2.68. The van der Waals surface area contributed by atoms with Gasteiger partial charge in [-0.1, -0.05) is 42.5 Å². The van der Waals surface area contributed by atoms with Crippen LogP contribution in [-0.4, -0.2) is 52.6 Å². The molecular weight excluding hydrogens is 426 g/mol. The normalized spacial score (nSPS) is 33.5. The molecule has 4 aliphatic carbocycles. The van der Waals surface area contributed by atoms with Crippen LogP contribution in [0.2, 0.25) is 0 Å². The van der Waals surface area contributed by atoms with Crippen LogP contribution in [0.4, 0.5) is 0 Å². The van der Waals surface area contributed by atoms with Gasteiger partial charge in [0.25, 0.3) is 0 Å². The molecule has 0 spiro atoms. The minimum Gasteiger partial charge on any atom is -0.453 e. The van der Waals surface area contributed by atoms with Crippen molar-refractivity contribution in [1.82, 2.24) is 4.90 Å². The lowest BCUT2D eigenvalue weighted by molar-refractivity contribution is -0.160. The number of benzene rings is 1. The maximum Gasteiger partial charge on any atom is 0.330 e. The summed E-state index contributed by atoms with van der Waals surface area (Å²) in [6.07, 6.45) is 6.55. The van der Waals surface area contributed by atoms with E-state index in [0.717, 1.165) is 6.42 Å². The van der Waals surface area contributed by atoms with Gasteiger partial charge in [0.15, 0.2) is 6.10 Å². The molecule has 0 N–H and O–H groups in total. The molecule has 6 nitrogen and oxygen atoms in total. The zero-order valence-corrected chi connectivity index (χ0v) is 19.0. The number of amides is 2. The fourth-order valence-corrected chi connectivity index (χ4v) is 6.47. The highest BCUT2D eigenvalue weighted by Crippen LogP contribution is 2.65. The molecule has 2 amide bonds. The molecule has 5 aliphatic rings. The Labute approximate surface area is 191 Å². The smallest absolute Gasteiger partial charge is 0.330 e. The molecule has 3 fully saturated rings. The largest absolute Gasteiger partial charge is 0.453 e. The Morgan fingerprint density at radius 1 is 1.06 bits per heavy atom. The molecule has 1 heterocycles. The monoisotopic (exact) mass is 453 g/mol. The van der Waals surface area contributed by atoms with E-state index in [-0.39, 0.29) is 41.3 Å². The number of imide groups is 1. The number of likely N-dealkylation sites (tertiary alicyclic amines) is 1. The van der Waals surface area contributed by atoms with Crippen LogP contribution in [0.1, 0.15) is 30.1 Å². The highest BCUT2D eigenvalue weighted by molar-refractivity contribution is 7.98. The third-order valence-corrected chi connectivity index (χ3v) is 8.24. The maximum atomic E-state index is 13.4. The van der Waals surface area contributed by atoms with E-state index in [2.05, 4.69) is 12.2 Å². The number of esters is 1. The molecule has 2 saturated carbocycles. The number of allylic oxidation sites excluding steroid dienone is 2. The van der Waals surface area contributed by atoms with E-state index in [9.17, 15) is 19.2 Å². The number of thioether (sulfide) groups is 1. The lowest BCUT2D eigenvalue weighted by Crippen LogP contribution is -2.48. The van der Waals surface area contributed by atoms with Gasteiger partial charge in [0.05, 0.1) is 11.8 Å². The molecule has 7 heteroatoms.